The van der Waals surface area contributed by atoms with Gasteiger partial charge in [0.15, 0.2) is 11.5 Å². The maximum atomic E-state index is 12.8. The van der Waals surface area contributed by atoms with Crippen LogP contribution < -0.4 is 23.8 Å². The summed E-state index contributed by atoms with van der Waals surface area (Å²) in [6.07, 6.45) is 0.685. The number of aryl methyl sites for hydroxylation is 1. The summed E-state index contributed by atoms with van der Waals surface area (Å²) in [5.74, 6) is 1.18. The van der Waals surface area contributed by atoms with Gasteiger partial charge in [-0.2, -0.15) is 0 Å². The Morgan fingerprint density at radius 2 is 1.97 bits per heavy atom. The first kappa shape index (κ1) is 21.8. The Hall–Kier alpha value is -2.94. The van der Waals surface area contributed by atoms with Gasteiger partial charge in [-0.25, -0.2) is 8.42 Å². The van der Waals surface area contributed by atoms with E-state index in [1.54, 1.807) is 18.2 Å². The van der Waals surface area contributed by atoms with Crippen LogP contribution in [0.4, 0.5) is 5.69 Å². The second kappa shape index (κ2) is 8.83. The Morgan fingerprint density at radius 3 is 2.63 bits per heavy atom. The van der Waals surface area contributed by atoms with Crippen molar-refractivity contribution in [1.29, 1.82) is 0 Å². The minimum absolute atomic E-state index is 0.181. The number of methoxy groups -OCH3 is 1. The number of hydrogen-bond acceptors (Lipinski definition) is 6. The molecule has 1 aliphatic rings. The number of hydrogen-bond donors (Lipinski definition) is 1. The van der Waals surface area contributed by atoms with Crippen molar-refractivity contribution in [2.24, 2.45) is 0 Å². The molecule has 8 nitrogen and oxygen atoms in total. The van der Waals surface area contributed by atoms with Crippen LogP contribution in [0.25, 0.3) is 0 Å². The molecule has 2 unspecified atom stereocenters. The number of rotatable bonds is 7. The van der Waals surface area contributed by atoms with Gasteiger partial charge in [0.25, 0.3) is 0 Å². The molecule has 0 aromatic heterocycles. The first-order valence-corrected chi connectivity index (χ1v) is 11.4. The lowest BCUT2D eigenvalue weighted by molar-refractivity contribution is -0.122. The van der Waals surface area contributed by atoms with E-state index in [-0.39, 0.29) is 19.3 Å². The van der Waals surface area contributed by atoms with Crippen molar-refractivity contribution in [1.82, 2.24) is 5.32 Å². The number of ether oxygens (including phenoxy) is 3. The standard InChI is InChI=1S/C21H26N2O6S/c1-14-9-10-18(27-3)17(11-14)23(30(4,25)26)15(2)21(24)22-12-16-13-28-19-7-5-6-8-20(19)29-16/h5-11,15-16H,12-13H2,1-4H3,(H,22,24). The lowest BCUT2D eigenvalue weighted by Crippen LogP contribution is -2.50. The third-order valence-corrected chi connectivity index (χ3v) is 5.96. The lowest BCUT2D eigenvalue weighted by atomic mass is 10.2. The Balaban J connectivity index is 1.74. The number of carbonyl (C=O) groups excluding carboxylic acids is 1. The molecule has 1 N–H and O–H groups in total. The molecule has 1 amide bonds. The van der Waals surface area contributed by atoms with E-state index in [1.807, 2.05) is 31.2 Å². The molecule has 0 radical (unpaired) electrons. The van der Waals surface area contributed by atoms with E-state index in [2.05, 4.69) is 5.32 Å². The molecule has 2 aromatic rings. The van der Waals surface area contributed by atoms with Crippen molar-refractivity contribution >= 4 is 21.6 Å². The van der Waals surface area contributed by atoms with E-state index >= 15 is 0 Å². The number of nitrogens with one attached hydrogen (secondary N) is 1. The molecule has 0 saturated carbocycles. The van der Waals surface area contributed by atoms with E-state index in [0.717, 1.165) is 16.1 Å². The summed E-state index contributed by atoms with van der Waals surface area (Å²) < 4.78 is 43.0. The van der Waals surface area contributed by atoms with Gasteiger partial charge in [0.1, 0.15) is 24.5 Å². The van der Waals surface area contributed by atoms with E-state index in [9.17, 15) is 13.2 Å². The second-order valence-corrected chi connectivity index (χ2v) is 9.01. The van der Waals surface area contributed by atoms with Gasteiger partial charge < -0.3 is 19.5 Å². The van der Waals surface area contributed by atoms with Crippen LogP contribution >= 0.6 is 0 Å². The normalized spacial score (nSPS) is 16.5. The average Bonchev–Trinajstić information content (AvgIpc) is 2.71. The highest BCUT2D eigenvalue weighted by molar-refractivity contribution is 7.92. The quantitative estimate of drug-likeness (QED) is 0.717. The predicted molar refractivity (Wildman–Crippen MR) is 114 cm³/mol. The van der Waals surface area contributed by atoms with E-state index in [0.29, 0.717) is 22.9 Å². The van der Waals surface area contributed by atoms with Crippen LogP contribution in [0.5, 0.6) is 17.2 Å². The Labute approximate surface area is 176 Å². The van der Waals surface area contributed by atoms with Crippen molar-refractivity contribution in [2.45, 2.75) is 26.0 Å². The summed E-state index contributed by atoms with van der Waals surface area (Å²) in [6.45, 7) is 3.84. The summed E-state index contributed by atoms with van der Waals surface area (Å²) in [7, 11) is -2.30. The van der Waals surface area contributed by atoms with Crippen LogP contribution in [0.3, 0.4) is 0 Å². The van der Waals surface area contributed by atoms with Crippen LogP contribution in [0.15, 0.2) is 42.5 Å². The maximum Gasteiger partial charge on any atom is 0.243 e. The summed E-state index contributed by atoms with van der Waals surface area (Å²) in [6, 6.07) is 11.5. The number of para-hydroxylation sites is 2. The largest absolute Gasteiger partial charge is 0.495 e. The van der Waals surface area contributed by atoms with Crippen LogP contribution in [0.1, 0.15) is 12.5 Å². The van der Waals surface area contributed by atoms with Gasteiger partial charge in [-0.15, -0.1) is 0 Å². The monoisotopic (exact) mass is 434 g/mol. The molecule has 0 aliphatic carbocycles. The maximum absolute atomic E-state index is 12.8. The smallest absolute Gasteiger partial charge is 0.243 e. The van der Waals surface area contributed by atoms with Crippen LogP contribution in [0.2, 0.25) is 0 Å². The summed E-state index contributed by atoms with van der Waals surface area (Å²) in [5, 5.41) is 2.77. The fraction of sp³-hybridized carbons (Fsp3) is 0.381. The van der Waals surface area contributed by atoms with Gasteiger partial charge in [0.05, 0.1) is 25.6 Å². The van der Waals surface area contributed by atoms with Crippen molar-refractivity contribution < 1.29 is 27.4 Å². The van der Waals surface area contributed by atoms with Gasteiger partial charge in [-0.3, -0.25) is 9.10 Å². The SMILES string of the molecule is COc1ccc(C)cc1N(C(C)C(=O)NCC1COc2ccccc2O1)S(C)(=O)=O. The molecular weight excluding hydrogens is 408 g/mol. The molecule has 0 bridgehead atoms. The van der Waals surface area contributed by atoms with Gasteiger partial charge in [0.2, 0.25) is 15.9 Å². The molecule has 2 aromatic carbocycles. The topological polar surface area (TPSA) is 94.2 Å². The summed E-state index contributed by atoms with van der Waals surface area (Å²) in [4.78, 5) is 12.8. The van der Waals surface area contributed by atoms with E-state index in [1.165, 1.54) is 14.0 Å². The van der Waals surface area contributed by atoms with Crippen LogP contribution in [-0.2, 0) is 14.8 Å². The highest BCUT2D eigenvalue weighted by atomic mass is 32.2. The number of amides is 1. The number of nitrogens with zero attached hydrogens (tertiary/aromatic N) is 1. The average molecular weight is 435 g/mol. The number of benzene rings is 2. The van der Waals surface area contributed by atoms with Gasteiger partial charge in [-0.05, 0) is 43.7 Å². The highest BCUT2D eigenvalue weighted by Crippen LogP contribution is 2.33. The second-order valence-electron chi connectivity index (χ2n) is 7.15. The fourth-order valence-electron chi connectivity index (χ4n) is 3.28. The first-order chi connectivity index (χ1) is 14.2. The predicted octanol–water partition coefficient (Wildman–Crippen LogP) is 2.11. The van der Waals surface area contributed by atoms with Gasteiger partial charge >= 0.3 is 0 Å². The zero-order chi connectivity index (χ0) is 21.9. The van der Waals surface area contributed by atoms with Gasteiger partial charge in [0, 0.05) is 0 Å². The van der Waals surface area contributed by atoms with Crippen molar-refractivity contribution in [2.75, 3.05) is 30.8 Å². The molecule has 162 valence electrons. The first-order valence-electron chi connectivity index (χ1n) is 9.51. The zero-order valence-electron chi connectivity index (χ0n) is 17.4. The lowest BCUT2D eigenvalue weighted by Gasteiger charge is -2.31. The Bertz CT molecular complexity index is 1020. The van der Waals surface area contributed by atoms with Crippen molar-refractivity contribution in [3.8, 4) is 17.2 Å². The minimum Gasteiger partial charge on any atom is -0.495 e. The summed E-state index contributed by atoms with van der Waals surface area (Å²) in [5.41, 5.74) is 1.16. The Morgan fingerprint density at radius 1 is 1.27 bits per heavy atom. The number of sulfonamides is 1. The molecule has 1 heterocycles. The third kappa shape index (κ3) is 4.79. The third-order valence-electron chi connectivity index (χ3n) is 4.73. The molecule has 1 aliphatic heterocycles. The van der Waals surface area contributed by atoms with E-state index in [4.69, 9.17) is 14.2 Å². The van der Waals surface area contributed by atoms with Gasteiger partial charge in [-0.1, -0.05) is 18.2 Å². The fourth-order valence-corrected chi connectivity index (χ4v) is 4.45. The molecule has 3 rings (SSSR count). The minimum atomic E-state index is -3.76. The number of anilines is 1. The summed E-state index contributed by atoms with van der Waals surface area (Å²) >= 11 is 0. The zero-order valence-corrected chi connectivity index (χ0v) is 18.2. The van der Waals surface area contributed by atoms with E-state index < -0.39 is 22.0 Å². The Kier molecular flexibility index (Phi) is 6.40. The molecule has 0 spiro atoms. The van der Waals surface area contributed by atoms with Crippen LogP contribution in [0, 0.1) is 6.92 Å². The van der Waals surface area contributed by atoms with Crippen molar-refractivity contribution in [3.63, 3.8) is 0 Å². The van der Waals surface area contributed by atoms with Crippen LogP contribution in [-0.4, -0.2) is 53.0 Å². The molecule has 2 atom stereocenters. The molecular formula is C21H26N2O6S. The molecule has 0 fully saturated rings. The van der Waals surface area contributed by atoms with Crippen molar-refractivity contribution in [3.05, 3.63) is 48.0 Å². The molecule has 9 heteroatoms. The molecule has 0 saturated heterocycles. The highest BCUT2D eigenvalue weighted by Gasteiger charge is 2.32. The molecule has 30 heavy (non-hydrogen) atoms. The number of fused-ring (bicyclic) bond motifs is 1. The number of carbonyl (C=O) groups is 1.